The van der Waals surface area contributed by atoms with E-state index in [0.29, 0.717) is 0 Å². The molecule has 0 N–H and O–H groups in total. The van der Waals surface area contributed by atoms with Crippen LogP contribution in [-0.2, 0) is 34.5 Å². The van der Waals surface area contributed by atoms with Crippen molar-refractivity contribution in [1.82, 2.24) is 19.7 Å². The third-order valence-corrected chi connectivity index (χ3v) is 5.60. The maximum Gasteiger partial charge on any atom is 0.240 e. The lowest BCUT2D eigenvalue weighted by Gasteiger charge is -2.22. The van der Waals surface area contributed by atoms with Crippen molar-refractivity contribution in [3.8, 4) is 0 Å². The summed E-state index contributed by atoms with van der Waals surface area (Å²) in [6.07, 6.45) is 3.35. The molecule has 4 rings (SSSR count). The number of fused-ring (bicyclic) bond motifs is 1. The number of imide groups is 1. The molecule has 1 unspecified atom stereocenters. The van der Waals surface area contributed by atoms with Gasteiger partial charge in [-0.25, -0.2) is 0 Å². The fraction of sp³-hybridized carbons (Fsp3) is 0.500. The van der Waals surface area contributed by atoms with Gasteiger partial charge in [-0.05, 0) is 42.2 Å². The largest absolute Gasteiger partial charge is 0.313 e. The zero-order valence-electron chi connectivity index (χ0n) is 13.0. The van der Waals surface area contributed by atoms with Crippen molar-refractivity contribution in [2.45, 2.75) is 51.1 Å². The SMILES string of the molecule is CC1(c2ccsc2)CC(=O)N(Cc2nnc3n2CCCC3)C1=O. The fourth-order valence-electron chi connectivity index (χ4n) is 3.48. The zero-order chi connectivity index (χ0) is 16.0. The van der Waals surface area contributed by atoms with Crippen molar-refractivity contribution in [2.24, 2.45) is 0 Å². The number of carbonyl (C=O) groups is 2. The predicted molar refractivity (Wildman–Crippen MR) is 84.8 cm³/mol. The Labute approximate surface area is 138 Å². The number of carbonyl (C=O) groups excluding carboxylic acids is 2. The molecule has 0 saturated carbocycles. The van der Waals surface area contributed by atoms with Crippen molar-refractivity contribution < 1.29 is 9.59 Å². The van der Waals surface area contributed by atoms with Gasteiger partial charge >= 0.3 is 0 Å². The lowest BCUT2D eigenvalue weighted by Crippen LogP contribution is -2.36. The number of hydrogen-bond acceptors (Lipinski definition) is 5. The van der Waals surface area contributed by atoms with Crippen LogP contribution in [0.3, 0.4) is 0 Å². The summed E-state index contributed by atoms with van der Waals surface area (Å²) in [5.41, 5.74) is 0.175. The first-order valence-electron chi connectivity index (χ1n) is 7.88. The maximum absolute atomic E-state index is 12.9. The normalized spacial score (nSPS) is 24.3. The second-order valence-electron chi connectivity index (χ2n) is 6.45. The molecule has 0 bridgehead atoms. The van der Waals surface area contributed by atoms with Crippen molar-refractivity contribution in [3.05, 3.63) is 34.0 Å². The number of hydrogen-bond donors (Lipinski definition) is 0. The number of rotatable bonds is 3. The van der Waals surface area contributed by atoms with Crippen LogP contribution in [0.1, 0.15) is 43.4 Å². The van der Waals surface area contributed by atoms with Crippen LogP contribution in [0.2, 0.25) is 0 Å². The van der Waals surface area contributed by atoms with Gasteiger partial charge in [0.25, 0.3) is 0 Å². The van der Waals surface area contributed by atoms with E-state index in [1.54, 1.807) is 11.3 Å². The Bertz CT molecular complexity index is 767. The van der Waals surface area contributed by atoms with E-state index in [0.717, 1.165) is 43.0 Å². The van der Waals surface area contributed by atoms with Crippen LogP contribution in [0, 0.1) is 0 Å². The highest BCUT2D eigenvalue weighted by molar-refractivity contribution is 7.08. The molecule has 0 radical (unpaired) electrons. The zero-order valence-corrected chi connectivity index (χ0v) is 13.8. The minimum Gasteiger partial charge on any atom is -0.313 e. The molecule has 1 atom stereocenters. The molecule has 1 saturated heterocycles. The molecule has 6 nitrogen and oxygen atoms in total. The average Bonchev–Trinajstić information content (AvgIpc) is 3.25. The van der Waals surface area contributed by atoms with Crippen LogP contribution in [0.5, 0.6) is 0 Å². The molecule has 0 aliphatic carbocycles. The monoisotopic (exact) mass is 330 g/mol. The second-order valence-corrected chi connectivity index (χ2v) is 7.23. The summed E-state index contributed by atoms with van der Waals surface area (Å²) in [6.45, 7) is 2.95. The summed E-state index contributed by atoms with van der Waals surface area (Å²) >= 11 is 1.54. The van der Waals surface area contributed by atoms with Gasteiger partial charge in [0.05, 0.1) is 12.0 Å². The summed E-state index contributed by atoms with van der Waals surface area (Å²) < 4.78 is 2.06. The molecule has 2 aliphatic heterocycles. The third kappa shape index (κ3) is 2.22. The molecule has 4 heterocycles. The van der Waals surface area contributed by atoms with Crippen LogP contribution in [-0.4, -0.2) is 31.5 Å². The molecule has 2 amide bonds. The lowest BCUT2D eigenvalue weighted by molar-refractivity contribution is -0.140. The van der Waals surface area contributed by atoms with Gasteiger partial charge < -0.3 is 4.57 Å². The van der Waals surface area contributed by atoms with Crippen molar-refractivity contribution >= 4 is 23.2 Å². The first-order chi connectivity index (χ1) is 11.1. The molecule has 2 aromatic heterocycles. The molecule has 2 aliphatic rings. The number of aryl methyl sites for hydroxylation is 1. The minimum absolute atomic E-state index is 0.128. The van der Waals surface area contributed by atoms with Gasteiger partial charge in [0, 0.05) is 19.4 Å². The molecule has 23 heavy (non-hydrogen) atoms. The third-order valence-electron chi connectivity index (χ3n) is 4.92. The first kappa shape index (κ1) is 14.6. The average molecular weight is 330 g/mol. The van der Waals surface area contributed by atoms with E-state index in [-0.39, 0.29) is 24.8 Å². The summed E-state index contributed by atoms with van der Waals surface area (Å²) in [5.74, 6) is 1.42. The Morgan fingerprint density at radius 1 is 1.30 bits per heavy atom. The Hall–Kier alpha value is -2.02. The summed E-state index contributed by atoms with van der Waals surface area (Å²) in [7, 11) is 0. The van der Waals surface area contributed by atoms with Crippen molar-refractivity contribution in [3.63, 3.8) is 0 Å². The highest BCUT2D eigenvalue weighted by Gasteiger charge is 2.49. The fourth-order valence-corrected chi connectivity index (χ4v) is 4.26. The molecule has 120 valence electrons. The molecule has 2 aromatic rings. The highest BCUT2D eigenvalue weighted by Crippen LogP contribution is 2.37. The van der Waals surface area contributed by atoms with E-state index in [4.69, 9.17) is 0 Å². The second kappa shape index (κ2) is 5.26. The van der Waals surface area contributed by atoms with Crippen LogP contribution < -0.4 is 0 Å². The van der Waals surface area contributed by atoms with Gasteiger partial charge in [0.2, 0.25) is 11.8 Å². The Balaban J connectivity index is 1.62. The van der Waals surface area contributed by atoms with Gasteiger partial charge in [0.15, 0.2) is 5.82 Å². The van der Waals surface area contributed by atoms with Gasteiger partial charge in [-0.15, -0.1) is 10.2 Å². The maximum atomic E-state index is 12.9. The van der Waals surface area contributed by atoms with Gasteiger partial charge in [-0.1, -0.05) is 0 Å². The number of aromatic nitrogens is 3. The van der Waals surface area contributed by atoms with Crippen LogP contribution in [0.15, 0.2) is 16.8 Å². The smallest absolute Gasteiger partial charge is 0.240 e. The summed E-state index contributed by atoms with van der Waals surface area (Å²) in [4.78, 5) is 26.7. The van der Waals surface area contributed by atoms with Crippen LogP contribution in [0.25, 0.3) is 0 Å². The molecule has 0 aromatic carbocycles. The number of likely N-dealkylation sites (tertiary alicyclic amines) is 1. The predicted octanol–water partition coefficient (Wildman–Crippen LogP) is 1.89. The number of amides is 2. The van der Waals surface area contributed by atoms with Gasteiger partial charge in [0.1, 0.15) is 5.82 Å². The number of nitrogens with zero attached hydrogens (tertiary/aromatic N) is 4. The van der Waals surface area contributed by atoms with Crippen molar-refractivity contribution in [1.29, 1.82) is 0 Å². The quantitative estimate of drug-likeness (QED) is 0.806. The molecular weight excluding hydrogens is 312 g/mol. The standard InChI is InChI=1S/C16H18N4O2S/c1-16(11-5-7-23-10-11)8-14(21)20(15(16)22)9-13-18-17-12-4-2-3-6-19(12)13/h5,7,10H,2-4,6,8-9H2,1H3. The summed E-state index contributed by atoms with van der Waals surface area (Å²) in [6, 6.07) is 1.93. The van der Waals surface area contributed by atoms with E-state index in [2.05, 4.69) is 14.8 Å². The van der Waals surface area contributed by atoms with Gasteiger partial charge in [-0.3, -0.25) is 14.5 Å². The molecule has 1 fully saturated rings. The molecular formula is C16H18N4O2S. The minimum atomic E-state index is -0.748. The molecule has 7 heteroatoms. The Morgan fingerprint density at radius 3 is 2.96 bits per heavy atom. The van der Waals surface area contributed by atoms with E-state index in [1.807, 2.05) is 23.8 Å². The highest BCUT2D eigenvalue weighted by atomic mass is 32.1. The van der Waals surface area contributed by atoms with Crippen molar-refractivity contribution in [2.75, 3.05) is 0 Å². The topological polar surface area (TPSA) is 68.1 Å². The van der Waals surface area contributed by atoms with E-state index in [1.165, 1.54) is 4.90 Å². The first-order valence-corrected chi connectivity index (χ1v) is 8.82. The Kier molecular flexibility index (Phi) is 3.33. The lowest BCUT2D eigenvalue weighted by atomic mass is 9.83. The van der Waals surface area contributed by atoms with Crippen LogP contribution >= 0.6 is 11.3 Å². The summed E-state index contributed by atoms with van der Waals surface area (Å²) in [5, 5.41) is 12.3. The van der Waals surface area contributed by atoms with E-state index < -0.39 is 5.41 Å². The van der Waals surface area contributed by atoms with E-state index in [9.17, 15) is 9.59 Å². The van der Waals surface area contributed by atoms with Gasteiger partial charge in [-0.2, -0.15) is 11.3 Å². The van der Waals surface area contributed by atoms with E-state index >= 15 is 0 Å². The van der Waals surface area contributed by atoms with Crippen LogP contribution in [0.4, 0.5) is 0 Å². The molecule has 0 spiro atoms. The number of thiophene rings is 1. The Morgan fingerprint density at radius 2 is 2.17 bits per heavy atom.